The number of hydrogen-bond donors (Lipinski definition) is 1. The molecule has 1 N–H and O–H groups in total. The molecule has 0 radical (unpaired) electrons. The normalized spacial score (nSPS) is 16.0. The minimum Gasteiger partial charge on any atom is -0.395 e. The quantitative estimate of drug-likeness (QED) is 0.808. The van der Waals surface area contributed by atoms with Gasteiger partial charge in [-0.3, -0.25) is 0 Å². The highest BCUT2D eigenvalue weighted by Gasteiger charge is 2.25. The number of hydrogen-bond acceptors (Lipinski definition) is 1. The van der Waals surface area contributed by atoms with Gasteiger partial charge >= 0.3 is 0 Å². The third-order valence-electron chi connectivity index (χ3n) is 3.89. The van der Waals surface area contributed by atoms with Crippen LogP contribution in [-0.4, -0.2) is 11.7 Å². The molecule has 0 aliphatic heterocycles. The van der Waals surface area contributed by atoms with Gasteiger partial charge in [0, 0.05) is 5.41 Å². The van der Waals surface area contributed by atoms with Gasteiger partial charge in [0.05, 0.1) is 6.61 Å². The molecule has 1 aromatic carbocycles. The van der Waals surface area contributed by atoms with E-state index in [1.165, 1.54) is 42.4 Å². The van der Waals surface area contributed by atoms with Gasteiger partial charge in [-0.2, -0.15) is 0 Å². The molecular weight excluding hydrogens is 196 g/mol. The summed E-state index contributed by atoms with van der Waals surface area (Å²) in [7, 11) is 0. The van der Waals surface area contributed by atoms with Gasteiger partial charge in [-0.25, -0.2) is 0 Å². The average molecular weight is 218 g/mol. The van der Waals surface area contributed by atoms with Crippen molar-refractivity contribution in [3.05, 3.63) is 34.4 Å². The van der Waals surface area contributed by atoms with Crippen LogP contribution >= 0.6 is 0 Å². The Morgan fingerprint density at radius 2 is 1.75 bits per heavy atom. The standard InChI is InChI=1S/C15H22O/c1-11-8-9-14(15(2,3)10-16)13-7-5-4-6-12(11)13/h8-9,16H,4-7,10H2,1-3H3. The molecule has 88 valence electrons. The number of aryl methyl sites for hydroxylation is 1. The van der Waals surface area contributed by atoms with Gasteiger partial charge in [0.15, 0.2) is 0 Å². The molecule has 0 unspecified atom stereocenters. The molecule has 0 fully saturated rings. The first kappa shape index (κ1) is 11.7. The first-order chi connectivity index (χ1) is 7.56. The Hall–Kier alpha value is -0.820. The second kappa shape index (κ2) is 4.21. The highest BCUT2D eigenvalue weighted by Crippen LogP contribution is 2.34. The highest BCUT2D eigenvalue weighted by atomic mass is 16.3. The zero-order valence-electron chi connectivity index (χ0n) is 10.6. The van der Waals surface area contributed by atoms with Crippen LogP contribution in [0.15, 0.2) is 12.1 Å². The molecule has 0 saturated carbocycles. The SMILES string of the molecule is Cc1ccc(C(C)(C)CO)c2c1CCCC2. The molecule has 0 bridgehead atoms. The number of rotatable bonds is 2. The van der Waals surface area contributed by atoms with Gasteiger partial charge in [-0.15, -0.1) is 0 Å². The van der Waals surface area contributed by atoms with E-state index in [2.05, 4.69) is 32.9 Å². The molecule has 0 saturated heterocycles. The Balaban J connectivity index is 2.55. The third-order valence-corrected chi connectivity index (χ3v) is 3.89. The molecule has 1 nitrogen and oxygen atoms in total. The van der Waals surface area contributed by atoms with Crippen LogP contribution in [0.5, 0.6) is 0 Å². The minimum atomic E-state index is -0.102. The largest absolute Gasteiger partial charge is 0.395 e. The number of aliphatic hydroxyl groups is 1. The molecule has 0 aromatic heterocycles. The lowest BCUT2D eigenvalue weighted by atomic mass is 9.76. The molecule has 1 aliphatic rings. The van der Waals surface area contributed by atoms with Crippen molar-refractivity contribution < 1.29 is 5.11 Å². The van der Waals surface area contributed by atoms with Crippen LogP contribution in [-0.2, 0) is 18.3 Å². The summed E-state index contributed by atoms with van der Waals surface area (Å²) in [4.78, 5) is 0. The number of fused-ring (bicyclic) bond motifs is 1. The fourth-order valence-electron chi connectivity index (χ4n) is 2.77. The van der Waals surface area contributed by atoms with E-state index in [0.29, 0.717) is 0 Å². The van der Waals surface area contributed by atoms with E-state index in [9.17, 15) is 5.11 Å². The zero-order chi connectivity index (χ0) is 11.8. The Morgan fingerprint density at radius 1 is 1.12 bits per heavy atom. The Bertz CT molecular complexity index is 391. The Kier molecular flexibility index (Phi) is 3.07. The molecule has 16 heavy (non-hydrogen) atoms. The van der Waals surface area contributed by atoms with Crippen molar-refractivity contribution in [2.24, 2.45) is 0 Å². The predicted octanol–water partition coefficient (Wildman–Crippen LogP) is 3.14. The summed E-state index contributed by atoms with van der Waals surface area (Å²) in [5.74, 6) is 0. The molecule has 1 aromatic rings. The topological polar surface area (TPSA) is 20.2 Å². The average Bonchev–Trinajstić information content (AvgIpc) is 2.29. The predicted molar refractivity (Wildman–Crippen MR) is 67.9 cm³/mol. The van der Waals surface area contributed by atoms with Crippen LogP contribution in [0.4, 0.5) is 0 Å². The lowest BCUT2D eigenvalue weighted by Crippen LogP contribution is -2.25. The maximum Gasteiger partial charge on any atom is 0.0522 e. The first-order valence-electron chi connectivity index (χ1n) is 6.29. The molecule has 0 amide bonds. The van der Waals surface area contributed by atoms with E-state index in [4.69, 9.17) is 0 Å². The van der Waals surface area contributed by atoms with Crippen molar-refractivity contribution in [2.75, 3.05) is 6.61 Å². The van der Waals surface area contributed by atoms with Crippen molar-refractivity contribution in [3.63, 3.8) is 0 Å². The zero-order valence-corrected chi connectivity index (χ0v) is 10.6. The van der Waals surface area contributed by atoms with E-state index in [1.807, 2.05) is 0 Å². The highest BCUT2D eigenvalue weighted by molar-refractivity contribution is 5.45. The van der Waals surface area contributed by atoms with Crippen molar-refractivity contribution in [2.45, 2.75) is 51.9 Å². The lowest BCUT2D eigenvalue weighted by Gasteiger charge is -2.30. The van der Waals surface area contributed by atoms with Gasteiger partial charge in [-0.05, 0) is 54.9 Å². The monoisotopic (exact) mass is 218 g/mol. The lowest BCUT2D eigenvalue weighted by molar-refractivity contribution is 0.217. The Labute approximate surface area is 98.5 Å². The fraction of sp³-hybridized carbons (Fsp3) is 0.600. The summed E-state index contributed by atoms with van der Waals surface area (Å²) in [5.41, 5.74) is 5.74. The summed E-state index contributed by atoms with van der Waals surface area (Å²) in [5, 5.41) is 9.52. The molecule has 1 aliphatic carbocycles. The van der Waals surface area contributed by atoms with E-state index < -0.39 is 0 Å². The summed E-state index contributed by atoms with van der Waals surface area (Å²) in [6.45, 7) is 6.70. The van der Waals surface area contributed by atoms with Gasteiger partial charge < -0.3 is 5.11 Å². The number of aliphatic hydroxyl groups excluding tert-OH is 1. The van der Waals surface area contributed by atoms with Gasteiger partial charge in [-0.1, -0.05) is 26.0 Å². The van der Waals surface area contributed by atoms with Crippen LogP contribution in [0, 0.1) is 6.92 Å². The molecular formula is C15H22O. The van der Waals surface area contributed by atoms with Crippen LogP contribution in [0.25, 0.3) is 0 Å². The first-order valence-corrected chi connectivity index (χ1v) is 6.29. The summed E-state index contributed by atoms with van der Waals surface area (Å²) in [6.07, 6.45) is 5.02. The number of benzene rings is 1. The second-order valence-corrected chi connectivity index (χ2v) is 5.64. The molecule has 0 atom stereocenters. The van der Waals surface area contributed by atoms with Crippen molar-refractivity contribution in [3.8, 4) is 0 Å². The smallest absolute Gasteiger partial charge is 0.0522 e. The molecule has 0 spiro atoms. The summed E-state index contributed by atoms with van der Waals surface area (Å²) < 4.78 is 0. The van der Waals surface area contributed by atoms with Gasteiger partial charge in [0.25, 0.3) is 0 Å². The van der Waals surface area contributed by atoms with Crippen LogP contribution in [0.2, 0.25) is 0 Å². The van der Waals surface area contributed by atoms with Crippen LogP contribution in [0.1, 0.15) is 48.9 Å². The van der Waals surface area contributed by atoms with E-state index >= 15 is 0 Å². The van der Waals surface area contributed by atoms with E-state index in [1.54, 1.807) is 5.56 Å². The van der Waals surface area contributed by atoms with E-state index in [0.717, 1.165) is 0 Å². The maximum absolute atomic E-state index is 9.52. The molecule has 1 heteroatoms. The van der Waals surface area contributed by atoms with Crippen LogP contribution < -0.4 is 0 Å². The van der Waals surface area contributed by atoms with Crippen LogP contribution in [0.3, 0.4) is 0 Å². The summed E-state index contributed by atoms with van der Waals surface area (Å²) in [6, 6.07) is 4.44. The van der Waals surface area contributed by atoms with E-state index in [-0.39, 0.29) is 12.0 Å². The Morgan fingerprint density at radius 3 is 2.38 bits per heavy atom. The summed E-state index contributed by atoms with van der Waals surface area (Å²) >= 11 is 0. The van der Waals surface area contributed by atoms with Crippen molar-refractivity contribution >= 4 is 0 Å². The third kappa shape index (κ3) is 1.89. The van der Waals surface area contributed by atoms with Gasteiger partial charge in [0.1, 0.15) is 0 Å². The molecule has 2 rings (SSSR count). The van der Waals surface area contributed by atoms with Crippen molar-refractivity contribution in [1.82, 2.24) is 0 Å². The van der Waals surface area contributed by atoms with Gasteiger partial charge in [0.2, 0.25) is 0 Å². The minimum absolute atomic E-state index is 0.102. The fourth-order valence-corrected chi connectivity index (χ4v) is 2.77. The maximum atomic E-state index is 9.52. The van der Waals surface area contributed by atoms with Crippen molar-refractivity contribution in [1.29, 1.82) is 0 Å². The second-order valence-electron chi connectivity index (χ2n) is 5.64. The molecule has 0 heterocycles.